The standard InChI is InChI=1S/C15H18FN3O4S/c16-12-3-1-2-4-13(12)24(22,23)18-9-7-17(8-10-18)11-19-14(20)5-6-15(19)21/h1-4H,5-11H2/p+1. The Morgan fingerprint density at radius 1 is 1.04 bits per heavy atom. The minimum atomic E-state index is -3.87. The smallest absolute Gasteiger partial charge is 0.246 e. The van der Waals surface area contributed by atoms with Crippen molar-refractivity contribution < 1.29 is 27.3 Å². The third-order valence-corrected chi connectivity index (χ3v) is 6.35. The summed E-state index contributed by atoms with van der Waals surface area (Å²) in [6.45, 7) is 1.64. The van der Waals surface area contributed by atoms with E-state index >= 15 is 0 Å². The van der Waals surface area contributed by atoms with E-state index in [0.717, 1.165) is 11.0 Å². The number of amides is 2. The molecule has 0 aliphatic carbocycles. The highest BCUT2D eigenvalue weighted by Crippen LogP contribution is 2.18. The van der Waals surface area contributed by atoms with Crippen molar-refractivity contribution in [3.05, 3.63) is 30.1 Å². The fourth-order valence-corrected chi connectivity index (χ4v) is 4.52. The van der Waals surface area contributed by atoms with E-state index in [0.29, 0.717) is 13.1 Å². The molecule has 2 aliphatic rings. The number of piperazine rings is 1. The number of benzene rings is 1. The van der Waals surface area contributed by atoms with Gasteiger partial charge in [0.1, 0.15) is 10.7 Å². The fraction of sp³-hybridized carbons (Fsp3) is 0.467. The lowest BCUT2D eigenvalue weighted by molar-refractivity contribution is -0.910. The molecule has 0 radical (unpaired) electrons. The van der Waals surface area contributed by atoms with Gasteiger partial charge in [0.15, 0.2) is 6.67 Å². The Labute approximate surface area is 139 Å². The van der Waals surface area contributed by atoms with Crippen molar-refractivity contribution in [2.24, 2.45) is 0 Å². The highest BCUT2D eigenvalue weighted by atomic mass is 32.2. The van der Waals surface area contributed by atoms with Crippen molar-refractivity contribution >= 4 is 21.8 Å². The van der Waals surface area contributed by atoms with Crippen LogP contribution in [0.15, 0.2) is 29.2 Å². The minimum absolute atomic E-state index is 0.172. The Balaban J connectivity index is 1.64. The van der Waals surface area contributed by atoms with Gasteiger partial charge in [-0.3, -0.25) is 9.59 Å². The highest BCUT2D eigenvalue weighted by Gasteiger charge is 2.36. The van der Waals surface area contributed by atoms with Crippen molar-refractivity contribution in [1.82, 2.24) is 9.21 Å². The molecule has 0 atom stereocenters. The van der Waals surface area contributed by atoms with Crippen LogP contribution in [0.1, 0.15) is 12.8 Å². The number of likely N-dealkylation sites (tertiary alicyclic amines) is 1. The molecule has 2 heterocycles. The molecule has 0 saturated carbocycles. The molecule has 1 aromatic rings. The van der Waals surface area contributed by atoms with E-state index in [1.807, 2.05) is 0 Å². The average Bonchev–Trinajstić information content (AvgIpc) is 2.87. The quantitative estimate of drug-likeness (QED) is 0.689. The topological polar surface area (TPSA) is 79.2 Å². The largest absolute Gasteiger partial charge is 0.315 e. The molecule has 3 rings (SSSR count). The Hall–Kier alpha value is -1.84. The van der Waals surface area contributed by atoms with E-state index < -0.39 is 15.8 Å². The first kappa shape index (κ1) is 17.0. The summed E-state index contributed by atoms with van der Waals surface area (Å²) in [6.07, 6.45) is 0.500. The molecule has 1 N–H and O–H groups in total. The fourth-order valence-electron chi connectivity index (χ4n) is 3.02. The molecular weight excluding hydrogens is 337 g/mol. The number of nitrogens with zero attached hydrogens (tertiary/aromatic N) is 2. The van der Waals surface area contributed by atoms with Crippen LogP contribution in [0.4, 0.5) is 4.39 Å². The van der Waals surface area contributed by atoms with Gasteiger partial charge in [-0.2, -0.15) is 4.31 Å². The van der Waals surface area contributed by atoms with Gasteiger partial charge >= 0.3 is 0 Å². The van der Waals surface area contributed by atoms with Crippen LogP contribution >= 0.6 is 0 Å². The van der Waals surface area contributed by atoms with Gasteiger partial charge in [0.25, 0.3) is 0 Å². The molecule has 0 unspecified atom stereocenters. The predicted octanol–water partition coefficient (Wildman–Crippen LogP) is -1.18. The van der Waals surface area contributed by atoms with Gasteiger partial charge < -0.3 is 4.90 Å². The maximum absolute atomic E-state index is 13.8. The van der Waals surface area contributed by atoms with Crippen LogP contribution in [0.5, 0.6) is 0 Å². The Bertz CT molecular complexity index is 744. The van der Waals surface area contributed by atoms with Crippen LogP contribution in [0.25, 0.3) is 0 Å². The summed E-state index contributed by atoms with van der Waals surface area (Å²) in [4.78, 5) is 25.2. The molecule has 0 aromatic heterocycles. The maximum Gasteiger partial charge on any atom is 0.246 e. The molecule has 2 fully saturated rings. The van der Waals surface area contributed by atoms with Crippen LogP contribution in [0.2, 0.25) is 0 Å². The lowest BCUT2D eigenvalue weighted by atomic mass is 10.3. The number of carbonyl (C=O) groups excluding carboxylic acids is 2. The first-order valence-electron chi connectivity index (χ1n) is 7.81. The third kappa shape index (κ3) is 3.19. The van der Waals surface area contributed by atoms with Crippen molar-refractivity contribution in [3.8, 4) is 0 Å². The summed E-state index contributed by atoms with van der Waals surface area (Å²) in [5, 5.41) is 0. The summed E-state index contributed by atoms with van der Waals surface area (Å²) in [6, 6.07) is 5.31. The second-order valence-electron chi connectivity index (χ2n) is 5.96. The molecule has 1 aromatic carbocycles. The molecule has 130 valence electrons. The summed E-state index contributed by atoms with van der Waals surface area (Å²) in [7, 11) is -3.87. The lowest BCUT2D eigenvalue weighted by Gasteiger charge is -2.32. The Kier molecular flexibility index (Phi) is 4.66. The molecule has 7 nitrogen and oxygen atoms in total. The first-order chi connectivity index (χ1) is 11.4. The van der Waals surface area contributed by atoms with Gasteiger partial charge in [-0.15, -0.1) is 0 Å². The van der Waals surface area contributed by atoms with Gasteiger partial charge in [0.2, 0.25) is 21.8 Å². The van der Waals surface area contributed by atoms with Crippen molar-refractivity contribution in [2.45, 2.75) is 17.7 Å². The zero-order valence-electron chi connectivity index (χ0n) is 13.1. The van der Waals surface area contributed by atoms with E-state index in [1.165, 1.54) is 27.4 Å². The molecule has 0 bridgehead atoms. The molecule has 2 saturated heterocycles. The second-order valence-corrected chi connectivity index (χ2v) is 7.86. The first-order valence-corrected chi connectivity index (χ1v) is 9.25. The van der Waals surface area contributed by atoms with E-state index in [-0.39, 0.29) is 49.3 Å². The summed E-state index contributed by atoms with van der Waals surface area (Å²) in [5.74, 6) is -1.11. The number of imide groups is 1. The Morgan fingerprint density at radius 2 is 1.62 bits per heavy atom. The number of sulfonamides is 1. The third-order valence-electron chi connectivity index (χ3n) is 4.42. The molecule has 0 spiro atoms. The second kappa shape index (κ2) is 6.58. The summed E-state index contributed by atoms with van der Waals surface area (Å²) in [5.41, 5.74) is 0. The van der Waals surface area contributed by atoms with Crippen LogP contribution in [0.3, 0.4) is 0 Å². The van der Waals surface area contributed by atoms with E-state index in [4.69, 9.17) is 0 Å². The molecule has 2 amide bonds. The SMILES string of the molecule is O=C1CCC(=O)N1C[NH+]1CCN(S(=O)(=O)c2ccccc2F)CC1. The molecule has 24 heavy (non-hydrogen) atoms. The van der Waals surface area contributed by atoms with Crippen molar-refractivity contribution in [3.63, 3.8) is 0 Å². The predicted molar refractivity (Wildman–Crippen MR) is 81.8 cm³/mol. The van der Waals surface area contributed by atoms with E-state index in [1.54, 1.807) is 0 Å². The highest BCUT2D eigenvalue weighted by molar-refractivity contribution is 7.89. The maximum atomic E-state index is 13.8. The molecular formula is C15H19FN3O4S+. The number of nitrogens with one attached hydrogen (secondary N) is 1. The number of rotatable bonds is 4. The van der Waals surface area contributed by atoms with Crippen molar-refractivity contribution in [1.29, 1.82) is 0 Å². The van der Waals surface area contributed by atoms with Crippen molar-refractivity contribution in [2.75, 3.05) is 32.8 Å². The zero-order valence-corrected chi connectivity index (χ0v) is 13.9. The lowest BCUT2D eigenvalue weighted by Crippen LogP contribution is -3.16. The van der Waals surface area contributed by atoms with Gasteiger partial charge in [0.05, 0.1) is 26.2 Å². The average molecular weight is 356 g/mol. The Morgan fingerprint density at radius 3 is 2.21 bits per heavy atom. The minimum Gasteiger partial charge on any atom is -0.315 e. The van der Waals surface area contributed by atoms with Crippen LogP contribution < -0.4 is 4.90 Å². The van der Waals surface area contributed by atoms with E-state index in [9.17, 15) is 22.4 Å². The number of hydrogen-bond acceptors (Lipinski definition) is 4. The van der Waals surface area contributed by atoms with Gasteiger partial charge in [-0.05, 0) is 12.1 Å². The summed E-state index contributed by atoms with van der Waals surface area (Å²) < 4.78 is 40.1. The number of hydrogen-bond donors (Lipinski definition) is 1. The van der Waals surface area contributed by atoms with Gasteiger partial charge in [-0.1, -0.05) is 12.1 Å². The summed E-state index contributed by atoms with van der Waals surface area (Å²) >= 11 is 0. The normalized spacial score (nSPS) is 20.8. The number of halogens is 1. The monoisotopic (exact) mass is 356 g/mol. The number of quaternary nitrogens is 1. The van der Waals surface area contributed by atoms with E-state index in [2.05, 4.69) is 0 Å². The van der Waals surface area contributed by atoms with Crippen LogP contribution in [-0.2, 0) is 19.6 Å². The van der Waals surface area contributed by atoms with Gasteiger partial charge in [-0.25, -0.2) is 17.7 Å². The number of carbonyl (C=O) groups is 2. The van der Waals surface area contributed by atoms with Gasteiger partial charge in [0, 0.05) is 12.8 Å². The van der Waals surface area contributed by atoms with Crippen LogP contribution in [0, 0.1) is 5.82 Å². The zero-order chi connectivity index (χ0) is 17.3. The molecule has 2 aliphatic heterocycles. The van der Waals surface area contributed by atoms with Crippen LogP contribution in [-0.4, -0.2) is 62.3 Å². The molecule has 9 heteroatoms.